The first-order valence-electron chi connectivity index (χ1n) is 11.5. The maximum atomic E-state index is 13.6. The number of para-hydroxylation sites is 2. The molecule has 34 heavy (non-hydrogen) atoms. The molecular formula is C26H27N5O3. The molecule has 0 amide bonds. The van der Waals surface area contributed by atoms with Crippen molar-refractivity contribution in [3.05, 3.63) is 59.1 Å². The van der Waals surface area contributed by atoms with Gasteiger partial charge in [0.1, 0.15) is 22.4 Å². The number of ether oxygens (including phenoxy) is 2. The van der Waals surface area contributed by atoms with Crippen LogP contribution in [0.3, 0.4) is 0 Å². The molecule has 5 aromatic rings. The van der Waals surface area contributed by atoms with E-state index in [4.69, 9.17) is 24.4 Å². The van der Waals surface area contributed by atoms with Crippen molar-refractivity contribution < 1.29 is 9.47 Å². The second kappa shape index (κ2) is 9.13. The van der Waals surface area contributed by atoms with E-state index in [2.05, 4.69) is 6.92 Å². The van der Waals surface area contributed by atoms with E-state index >= 15 is 0 Å². The van der Waals surface area contributed by atoms with Crippen molar-refractivity contribution in [2.45, 2.75) is 39.2 Å². The Hall–Kier alpha value is -3.94. The van der Waals surface area contributed by atoms with Crippen LogP contribution in [0.2, 0.25) is 0 Å². The van der Waals surface area contributed by atoms with Crippen LogP contribution in [-0.4, -0.2) is 38.3 Å². The lowest BCUT2D eigenvalue weighted by molar-refractivity contribution is 0.394. The Morgan fingerprint density at radius 3 is 2.26 bits per heavy atom. The molecule has 0 bridgehead atoms. The minimum atomic E-state index is -0.107. The molecule has 0 aliphatic carbocycles. The number of aromatic nitrogens is 5. The van der Waals surface area contributed by atoms with Gasteiger partial charge in [-0.25, -0.2) is 15.0 Å². The van der Waals surface area contributed by atoms with Gasteiger partial charge in [-0.2, -0.15) is 0 Å². The van der Waals surface area contributed by atoms with E-state index in [0.717, 1.165) is 42.4 Å². The summed E-state index contributed by atoms with van der Waals surface area (Å²) < 4.78 is 14.5. The predicted octanol–water partition coefficient (Wildman–Crippen LogP) is 4.88. The quantitative estimate of drug-likeness (QED) is 0.309. The molecule has 0 unspecified atom stereocenters. The van der Waals surface area contributed by atoms with E-state index in [1.165, 1.54) is 0 Å². The average molecular weight is 458 g/mol. The molecule has 0 aliphatic heterocycles. The Kier molecular flexibility index (Phi) is 5.88. The lowest BCUT2D eigenvalue weighted by Gasteiger charge is -2.11. The molecule has 0 atom stereocenters. The molecule has 0 fully saturated rings. The van der Waals surface area contributed by atoms with Crippen molar-refractivity contribution in [2.75, 3.05) is 14.2 Å². The minimum Gasteiger partial charge on any atom is -0.497 e. The maximum Gasteiger partial charge on any atom is 0.265 e. The highest BCUT2D eigenvalue weighted by Crippen LogP contribution is 2.32. The van der Waals surface area contributed by atoms with Gasteiger partial charge in [0.05, 0.1) is 37.3 Å². The summed E-state index contributed by atoms with van der Waals surface area (Å²) in [7, 11) is 3.21. The van der Waals surface area contributed by atoms with Crippen LogP contribution in [0.15, 0.2) is 53.6 Å². The first kappa shape index (κ1) is 21.9. The van der Waals surface area contributed by atoms with E-state index < -0.39 is 0 Å². The van der Waals surface area contributed by atoms with Crippen LogP contribution >= 0.6 is 0 Å². The van der Waals surface area contributed by atoms with Gasteiger partial charge in [0, 0.05) is 24.7 Å². The minimum absolute atomic E-state index is 0.107. The van der Waals surface area contributed by atoms with Crippen LogP contribution in [0.5, 0.6) is 11.5 Å². The van der Waals surface area contributed by atoms with Crippen LogP contribution in [-0.2, 0) is 6.54 Å². The summed E-state index contributed by atoms with van der Waals surface area (Å²) in [5.41, 5.74) is 3.71. The van der Waals surface area contributed by atoms with E-state index in [1.807, 2.05) is 41.0 Å². The van der Waals surface area contributed by atoms with Crippen LogP contribution in [0.4, 0.5) is 0 Å². The zero-order valence-corrected chi connectivity index (χ0v) is 19.6. The Balaban J connectivity index is 1.81. The number of methoxy groups -OCH3 is 2. The standard InChI is InChI=1S/C26H27N5O3/c1-4-5-6-9-12-30-16-27-24-22(26(30)32)23-25(29-21-11-8-7-10-20(21)28-23)31(24)17-13-18(33-2)15-19(14-17)34-3/h7-8,10-11,13-16H,4-6,9,12H2,1-3H3. The van der Waals surface area contributed by atoms with Gasteiger partial charge in [-0.1, -0.05) is 38.3 Å². The Morgan fingerprint density at radius 2 is 1.59 bits per heavy atom. The number of fused-ring (bicyclic) bond motifs is 4. The molecule has 3 heterocycles. The highest BCUT2D eigenvalue weighted by atomic mass is 16.5. The first-order valence-corrected chi connectivity index (χ1v) is 11.5. The Labute approximate surface area is 196 Å². The molecule has 8 nitrogen and oxygen atoms in total. The third kappa shape index (κ3) is 3.75. The smallest absolute Gasteiger partial charge is 0.265 e. The molecular weight excluding hydrogens is 430 g/mol. The lowest BCUT2D eigenvalue weighted by atomic mass is 10.2. The van der Waals surface area contributed by atoms with Crippen molar-refractivity contribution in [3.8, 4) is 17.2 Å². The number of aryl methyl sites for hydroxylation is 1. The van der Waals surface area contributed by atoms with E-state index in [1.54, 1.807) is 31.2 Å². The summed E-state index contributed by atoms with van der Waals surface area (Å²) in [6, 6.07) is 13.2. The number of hydrogen-bond acceptors (Lipinski definition) is 6. The van der Waals surface area contributed by atoms with Crippen LogP contribution in [0.1, 0.15) is 32.6 Å². The Bertz CT molecular complexity index is 1530. The fourth-order valence-corrected chi connectivity index (χ4v) is 4.31. The fourth-order valence-electron chi connectivity index (χ4n) is 4.31. The van der Waals surface area contributed by atoms with Gasteiger partial charge in [0.25, 0.3) is 5.56 Å². The molecule has 174 valence electrons. The normalized spacial score (nSPS) is 11.5. The van der Waals surface area contributed by atoms with E-state index in [0.29, 0.717) is 40.2 Å². The molecule has 0 spiro atoms. The molecule has 0 radical (unpaired) electrons. The van der Waals surface area contributed by atoms with Gasteiger partial charge in [0.2, 0.25) is 0 Å². The van der Waals surface area contributed by atoms with Crippen molar-refractivity contribution in [3.63, 3.8) is 0 Å². The van der Waals surface area contributed by atoms with Crippen molar-refractivity contribution in [1.82, 2.24) is 24.1 Å². The summed E-state index contributed by atoms with van der Waals surface area (Å²) in [4.78, 5) is 28.1. The second-order valence-corrected chi connectivity index (χ2v) is 8.29. The summed E-state index contributed by atoms with van der Waals surface area (Å²) in [6.45, 7) is 2.80. The molecule has 8 heteroatoms. The van der Waals surface area contributed by atoms with Gasteiger partial charge < -0.3 is 9.47 Å². The molecule has 2 aromatic carbocycles. The van der Waals surface area contributed by atoms with Gasteiger partial charge >= 0.3 is 0 Å². The van der Waals surface area contributed by atoms with Gasteiger partial charge in [-0.3, -0.25) is 13.9 Å². The molecule has 5 rings (SSSR count). The van der Waals surface area contributed by atoms with Gasteiger partial charge in [-0.15, -0.1) is 0 Å². The third-order valence-corrected chi connectivity index (χ3v) is 6.08. The van der Waals surface area contributed by atoms with Crippen LogP contribution in [0, 0.1) is 0 Å². The summed E-state index contributed by atoms with van der Waals surface area (Å²) in [5.74, 6) is 1.25. The maximum absolute atomic E-state index is 13.6. The van der Waals surface area contributed by atoms with E-state index in [-0.39, 0.29) is 5.56 Å². The summed E-state index contributed by atoms with van der Waals surface area (Å²) in [6.07, 6.45) is 5.94. The number of benzene rings is 2. The summed E-state index contributed by atoms with van der Waals surface area (Å²) >= 11 is 0. The van der Waals surface area contributed by atoms with Crippen molar-refractivity contribution >= 4 is 33.2 Å². The molecule has 0 saturated heterocycles. The highest BCUT2D eigenvalue weighted by Gasteiger charge is 2.21. The van der Waals surface area contributed by atoms with Gasteiger partial charge in [-0.05, 0) is 18.6 Å². The Morgan fingerprint density at radius 1 is 0.882 bits per heavy atom. The number of nitrogens with zero attached hydrogens (tertiary/aromatic N) is 5. The second-order valence-electron chi connectivity index (χ2n) is 8.29. The highest BCUT2D eigenvalue weighted by molar-refractivity contribution is 6.05. The first-order chi connectivity index (χ1) is 16.6. The number of hydrogen-bond donors (Lipinski definition) is 0. The number of unbranched alkanes of at least 4 members (excludes halogenated alkanes) is 3. The van der Waals surface area contributed by atoms with Gasteiger partial charge in [0.15, 0.2) is 11.3 Å². The fraction of sp³-hybridized carbons (Fsp3) is 0.308. The SMILES string of the molecule is CCCCCCn1cnc2c(c1=O)c1nc3ccccc3nc1n2-c1cc(OC)cc(OC)c1. The molecule has 0 saturated carbocycles. The molecule has 0 N–H and O–H groups in total. The average Bonchev–Trinajstić information content (AvgIpc) is 3.19. The van der Waals surface area contributed by atoms with Crippen molar-refractivity contribution in [2.24, 2.45) is 0 Å². The van der Waals surface area contributed by atoms with Crippen LogP contribution < -0.4 is 15.0 Å². The zero-order chi connectivity index (χ0) is 23.7. The molecule has 0 aliphatic rings. The topological polar surface area (TPSA) is 84.1 Å². The van der Waals surface area contributed by atoms with Crippen LogP contribution in [0.25, 0.3) is 38.9 Å². The number of rotatable bonds is 8. The van der Waals surface area contributed by atoms with Crippen molar-refractivity contribution in [1.29, 1.82) is 0 Å². The van der Waals surface area contributed by atoms with E-state index in [9.17, 15) is 4.79 Å². The largest absolute Gasteiger partial charge is 0.497 e. The zero-order valence-electron chi connectivity index (χ0n) is 19.6. The third-order valence-electron chi connectivity index (χ3n) is 6.08. The molecule has 3 aromatic heterocycles. The summed E-state index contributed by atoms with van der Waals surface area (Å²) in [5, 5.41) is 0.466. The predicted molar refractivity (Wildman–Crippen MR) is 133 cm³/mol. The monoisotopic (exact) mass is 457 g/mol. The lowest BCUT2D eigenvalue weighted by Crippen LogP contribution is -2.20.